The Morgan fingerprint density at radius 3 is 2.59 bits per heavy atom. The van der Waals surface area contributed by atoms with Gasteiger partial charge < -0.3 is 24.2 Å². The second kappa shape index (κ2) is 11.2. The molecule has 0 spiro atoms. The summed E-state index contributed by atoms with van der Waals surface area (Å²) in [6.07, 6.45) is 4.86. The van der Waals surface area contributed by atoms with Gasteiger partial charge in [-0.25, -0.2) is 0 Å². The smallest absolute Gasteiger partial charge is 0.295 e. The van der Waals surface area contributed by atoms with Crippen molar-refractivity contribution in [2.75, 3.05) is 13.2 Å². The lowest BCUT2D eigenvalue weighted by molar-refractivity contribution is -0.140. The molecule has 2 aromatic carbocycles. The highest BCUT2D eigenvalue weighted by Crippen LogP contribution is 2.43. The van der Waals surface area contributed by atoms with E-state index in [9.17, 15) is 14.7 Å². The maximum atomic E-state index is 13.5. The Kier molecular flexibility index (Phi) is 7.54. The van der Waals surface area contributed by atoms with Gasteiger partial charge in [-0.05, 0) is 79.4 Å². The highest BCUT2D eigenvalue weighted by molar-refractivity contribution is 6.46. The number of aromatic nitrogens is 1. The second-order valence-electron chi connectivity index (χ2n) is 9.73. The molecule has 0 saturated carbocycles. The van der Waals surface area contributed by atoms with E-state index in [1.165, 1.54) is 4.90 Å². The summed E-state index contributed by atoms with van der Waals surface area (Å²) in [7, 11) is 0. The van der Waals surface area contributed by atoms with Gasteiger partial charge in [0.2, 0.25) is 0 Å². The molecule has 202 valence electrons. The van der Waals surface area contributed by atoms with Gasteiger partial charge in [-0.2, -0.15) is 0 Å². The normalized spacial score (nSPS) is 19.6. The van der Waals surface area contributed by atoms with Crippen molar-refractivity contribution in [3.8, 4) is 17.2 Å². The molecule has 0 bridgehead atoms. The zero-order valence-corrected chi connectivity index (χ0v) is 22.3. The van der Waals surface area contributed by atoms with Crippen molar-refractivity contribution in [3.05, 3.63) is 88.8 Å². The van der Waals surface area contributed by atoms with E-state index in [-0.39, 0.29) is 24.0 Å². The zero-order valence-electron chi connectivity index (χ0n) is 22.3. The number of carbonyl (C=O) groups excluding carboxylic acids is 2. The van der Waals surface area contributed by atoms with Crippen LogP contribution in [-0.2, 0) is 22.6 Å². The largest absolute Gasteiger partial charge is 0.507 e. The number of Topliss-reactive ketones (excluding diaryl/α,β-unsaturated/α-hetero) is 1. The first-order valence-electron chi connectivity index (χ1n) is 13.3. The highest BCUT2D eigenvalue weighted by Gasteiger charge is 2.46. The lowest BCUT2D eigenvalue weighted by Crippen LogP contribution is -2.29. The minimum atomic E-state index is -0.832. The van der Waals surface area contributed by atoms with Crippen molar-refractivity contribution in [3.63, 3.8) is 0 Å². The van der Waals surface area contributed by atoms with Crippen molar-refractivity contribution < 1.29 is 28.9 Å². The average molecular weight is 529 g/mol. The van der Waals surface area contributed by atoms with Crippen molar-refractivity contribution in [1.29, 1.82) is 0 Å². The summed E-state index contributed by atoms with van der Waals surface area (Å²) in [6.45, 7) is 6.99. The summed E-state index contributed by atoms with van der Waals surface area (Å²) in [5.41, 5.74) is 2.89. The summed E-state index contributed by atoms with van der Waals surface area (Å²) in [5.74, 6) is 0.226. The molecule has 2 aliphatic heterocycles. The SMILES string of the molecule is CCCOc1ccc(C2/C(=C(\O)c3ccc4c(c3)CC(C)O4)C(=O)C(=O)N2Cc2ccncc2)cc1OCC. The Morgan fingerprint density at radius 2 is 1.85 bits per heavy atom. The van der Waals surface area contributed by atoms with Crippen LogP contribution in [0.2, 0.25) is 0 Å². The van der Waals surface area contributed by atoms with E-state index in [2.05, 4.69) is 4.98 Å². The number of amides is 1. The van der Waals surface area contributed by atoms with E-state index in [0.717, 1.165) is 23.3 Å². The monoisotopic (exact) mass is 528 g/mol. The van der Waals surface area contributed by atoms with Crippen LogP contribution >= 0.6 is 0 Å². The van der Waals surface area contributed by atoms with Crippen LogP contribution in [0.4, 0.5) is 0 Å². The molecule has 8 nitrogen and oxygen atoms in total. The van der Waals surface area contributed by atoms with Crippen LogP contribution in [0.1, 0.15) is 55.5 Å². The number of fused-ring (bicyclic) bond motifs is 1. The van der Waals surface area contributed by atoms with Crippen LogP contribution < -0.4 is 14.2 Å². The van der Waals surface area contributed by atoms with Crippen LogP contribution in [-0.4, -0.2) is 46.0 Å². The number of ketones is 1. The van der Waals surface area contributed by atoms with E-state index in [4.69, 9.17) is 14.2 Å². The van der Waals surface area contributed by atoms with Crippen molar-refractivity contribution in [1.82, 2.24) is 9.88 Å². The van der Waals surface area contributed by atoms with Gasteiger partial charge in [0.25, 0.3) is 11.7 Å². The molecule has 3 heterocycles. The molecule has 0 radical (unpaired) electrons. The first-order valence-corrected chi connectivity index (χ1v) is 13.3. The minimum Gasteiger partial charge on any atom is -0.507 e. The molecule has 39 heavy (non-hydrogen) atoms. The van der Waals surface area contributed by atoms with E-state index in [0.29, 0.717) is 42.3 Å². The lowest BCUT2D eigenvalue weighted by atomic mass is 9.94. The predicted molar refractivity (Wildman–Crippen MR) is 146 cm³/mol. The number of hydrogen-bond acceptors (Lipinski definition) is 7. The number of rotatable bonds is 9. The fourth-order valence-corrected chi connectivity index (χ4v) is 5.09. The van der Waals surface area contributed by atoms with E-state index in [1.807, 2.05) is 32.9 Å². The van der Waals surface area contributed by atoms with E-state index >= 15 is 0 Å². The van der Waals surface area contributed by atoms with Gasteiger partial charge in [-0.3, -0.25) is 14.6 Å². The number of carbonyl (C=O) groups is 2. The van der Waals surface area contributed by atoms with Crippen molar-refractivity contribution in [2.24, 2.45) is 0 Å². The number of benzene rings is 2. The van der Waals surface area contributed by atoms with Crippen LogP contribution in [0.3, 0.4) is 0 Å². The first-order chi connectivity index (χ1) is 18.9. The summed E-state index contributed by atoms with van der Waals surface area (Å²) >= 11 is 0. The molecule has 1 saturated heterocycles. The predicted octanol–water partition coefficient (Wildman–Crippen LogP) is 5.21. The Morgan fingerprint density at radius 1 is 1.05 bits per heavy atom. The van der Waals surface area contributed by atoms with Gasteiger partial charge in [-0.15, -0.1) is 0 Å². The molecule has 2 aliphatic rings. The molecule has 2 atom stereocenters. The highest BCUT2D eigenvalue weighted by atomic mass is 16.5. The molecule has 5 rings (SSSR count). The quantitative estimate of drug-likeness (QED) is 0.231. The summed E-state index contributed by atoms with van der Waals surface area (Å²) < 4.78 is 17.5. The standard InChI is InChI=1S/C31H32N2O6/c1-4-14-38-25-9-6-21(17-26(25)37-5-2)28-27(29(34)22-7-8-24-23(16-22)15-19(3)39-24)30(35)31(36)33(28)18-20-10-12-32-13-11-20/h6-13,16-17,19,28,34H,4-5,14-15,18H2,1-3H3/b29-27+. The first kappa shape index (κ1) is 26.3. The number of hydrogen-bond donors (Lipinski definition) is 1. The Bertz CT molecular complexity index is 1420. The van der Waals surface area contributed by atoms with Gasteiger partial charge in [-0.1, -0.05) is 13.0 Å². The third-order valence-corrected chi connectivity index (χ3v) is 6.86. The van der Waals surface area contributed by atoms with Crippen LogP contribution in [0.5, 0.6) is 17.2 Å². The molecule has 3 aromatic rings. The van der Waals surface area contributed by atoms with E-state index in [1.54, 1.807) is 48.8 Å². The topological polar surface area (TPSA) is 98.2 Å². The molecule has 2 unspecified atom stereocenters. The molecular weight excluding hydrogens is 496 g/mol. The molecule has 1 fully saturated rings. The number of aliphatic hydroxyl groups is 1. The van der Waals surface area contributed by atoms with E-state index < -0.39 is 17.7 Å². The maximum Gasteiger partial charge on any atom is 0.295 e. The fraction of sp³-hybridized carbons (Fsp3) is 0.323. The molecule has 1 N–H and O–H groups in total. The number of ether oxygens (including phenoxy) is 3. The van der Waals surface area contributed by atoms with Crippen LogP contribution in [0.25, 0.3) is 5.76 Å². The maximum absolute atomic E-state index is 13.5. The van der Waals surface area contributed by atoms with Crippen molar-refractivity contribution >= 4 is 17.4 Å². The average Bonchev–Trinajstić information content (AvgIpc) is 3.43. The number of nitrogens with zero attached hydrogens (tertiary/aromatic N) is 2. The number of likely N-dealkylation sites (tertiary alicyclic amines) is 1. The third-order valence-electron chi connectivity index (χ3n) is 6.86. The van der Waals surface area contributed by atoms with Crippen LogP contribution in [0.15, 0.2) is 66.5 Å². The van der Waals surface area contributed by atoms with Gasteiger partial charge in [0.15, 0.2) is 11.5 Å². The third kappa shape index (κ3) is 5.19. The summed E-state index contributed by atoms with van der Waals surface area (Å²) in [6, 6.07) is 13.5. The second-order valence-corrected chi connectivity index (χ2v) is 9.73. The zero-order chi connectivity index (χ0) is 27.5. The number of aliphatic hydroxyl groups excluding tert-OH is 1. The van der Waals surface area contributed by atoms with Crippen LogP contribution in [0, 0.1) is 0 Å². The van der Waals surface area contributed by atoms with Crippen molar-refractivity contribution in [2.45, 2.75) is 52.3 Å². The molecule has 1 aromatic heterocycles. The Labute approximate surface area is 227 Å². The molecule has 0 aliphatic carbocycles. The number of pyridine rings is 1. The fourth-order valence-electron chi connectivity index (χ4n) is 5.09. The van der Waals surface area contributed by atoms with Gasteiger partial charge >= 0.3 is 0 Å². The summed E-state index contributed by atoms with van der Waals surface area (Å²) in [5, 5.41) is 11.5. The lowest BCUT2D eigenvalue weighted by Gasteiger charge is -2.26. The molecular formula is C31H32N2O6. The summed E-state index contributed by atoms with van der Waals surface area (Å²) in [4.78, 5) is 32.5. The molecule has 1 amide bonds. The van der Waals surface area contributed by atoms with Gasteiger partial charge in [0, 0.05) is 30.9 Å². The Hall–Kier alpha value is -4.33. The minimum absolute atomic E-state index is 0.0330. The molecule has 8 heteroatoms. The Balaban J connectivity index is 1.63. The van der Waals surface area contributed by atoms with Gasteiger partial charge in [0.1, 0.15) is 17.6 Å². The van der Waals surface area contributed by atoms with Gasteiger partial charge in [0.05, 0.1) is 24.8 Å².